The van der Waals surface area contributed by atoms with E-state index in [1.807, 2.05) is 4.90 Å². The van der Waals surface area contributed by atoms with Crippen LogP contribution in [0.1, 0.15) is 10.4 Å². The van der Waals surface area contributed by atoms with Crippen LogP contribution in [0.4, 0.5) is 0 Å². The molecule has 1 aromatic carbocycles. The topological polar surface area (TPSA) is 71.1 Å². The second-order valence-corrected chi connectivity index (χ2v) is 6.99. The van der Waals surface area contributed by atoms with Crippen molar-refractivity contribution in [2.45, 2.75) is 6.04 Å². The normalized spacial score (nSPS) is 22.8. The Hall–Kier alpha value is -1.93. The van der Waals surface area contributed by atoms with Crippen molar-refractivity contribution < 1.29 is 19.1 Å². The van der Waals surface area contributed by atoms with Crippen LogP contribution in [0.2, 0.25) is 0 Å². The lowest BCUT2D eigenvalue weighted by Gasteiger charge is -2.36. The fourth-order valence-electron chi connectivity index (χ4n) is 3.12. The predicted molar refractivity (Wildman–Crippen MR) is 89.3 cm³/mol. The highest BCUT2D eigenvalue weighted by atomic mass is 32.2. The fraction of sp³-hybridized carbons (Fsp3) is 0.500. The van der Waals surface area contributed by atoms with Crippen LogP contribution >= 0.6 is 11.8 Å². The minimum absolute atomic E-state index is 0.0325. The van der Waals surface area contributed by atoms with Crippen LogP contribution in [0.5, 0.6) is 11.5 Å². The highest BCUT2D eigenvalue weighted by Gasteiger charge is 2.31. The molecular formula is C16H19N3O4S. The molecule has 2 saturated heterocycles. The molecule has 4 rings (SSSR count). The number of hydrogen-bond donors (Lipinski definition) is 1. The smallest absolute Gasteiger partial charge is 0.254 e. The molecule has 0 saturated carbocycles. The molecule has 2 fully saturated rings. The van der Waals surface area contributed by atoms with Gasteiger partial charge < -0.3 is 19.3 Å². The van der Waals surface area contributed by atoms with E-state index in [1.165, 1.54) is 0 Å². The summed E-state index contributed by atoms with van der Waals surface area (Å²) in [7, 11) is 0. The first-order chi connectivity index (χ1) is 11.7. The molecule has 0 radical (unpaired) electrons. The Kier molecular flexibility index (Phi) is 4.24. The van der Waals surface area contributed by atoms with Gasteiger partial charge in [0.05, 0.1) is 6.04 Å². The van der Waals surface area contributed by atoms with Gasteiger partial charge in [-0.05, 0) is 18.2 Å². The van der Waals surface area contributed by atoms with Gasteiger partial charge in [-0.1, -0.05) is 0 Å². The summed E-state index contributed by atoms with van der Waals surface area (Å²) in [5.74, 6) is 3.06. The zero-order valence-corrected chi connectivity index (χ0v) is 14.0. The number of nitrogens with one attached hydrogen (secondary N) is 1. The summed E-state index contributed by atoms with van der Waals surface area (Å²) in [6, 6.07) is 5.17. The maximum Gasteiger partial charge on any atom is 0.254 e. The summed E-state index contributed by atoms with van der Waals surface area (Å²) in [6.07, 6.45) is 0. The Labute approximate surface area is 144 Å². The molecule has 3 heterocycles. The van der Waals surface area contributed by atoms with Crippen LogP contribution in [0.3, 0.4) is 0 Å². The van der Waals surface area contributed by atoms with Gasteiger partial charge in [-0.15, -0.1) is 11.8 Å². The molecule has 8 heteroatoms. The zero-order valence-electron chi connectivity index (χ0n) is 13.2. The average Bonchev–Trinajstić information content (AvgIpc) is 3.31. The second-order valence-electron chi connectivity index (χ2n) is 5.96. The van der Waals surface area contributed by atoms with E-state index in [0.29, 0.717) is 43.2 Å². The van der Waals surface area contributed by atoms with Gasteiger partial charge in [-0.2, -0.15) is 0 Å². The monoisotopic (exact) mass is 349 g/mol. The Bertz CT molecular complexity index is 655. The fourth-order valence-corrected chi connectivity index (χ4v) is 4.05. The Morgan fingerprint density at radius 2 is 1.83 bits per heavy atom. The SMILES string of the molecule is O=C(c1ccc2c(c1)OCO2)N1CCN(C(=O)C2CSCN2)CC1. The van der Waals surface area contributed by atoms with Crippen LogP contribution < -0.4 is 14.8 Å². The van der Waals surface area contributed by atoms with Crippen molar-refractivity contribution in [2.24, 2.45) is 0 Å². The molecule has 1 aromatic rings. The average molecular weight is 349 g/mol. The van der Waals surface area contributed by atoms with E-state index in [0.717, 1.165) is 11.6 Å². The molecule has 24 heavy (non-hydrogen) atoms. The van der Waals surface area contributed by atoms with E-state index >= 15 is 0 Å². The van der Waals surface area contributed by atoms with Crippen molar-refractivity contribution >= 4 is 23.6 Å². The lowest BCUT2D eigenvalue weighted by atomic mass is 10.1. The molecular weight excluding hydrogens is 330 g/mol. The van der Waals surface area contributed by atoms with Gasteiger partial charge >= 0.3 is 0 Å². The van der Waals surface area contributed by atoms with Gasteiger partial charge in [0, 0.05) is 43.4 Å². The maximum absolute atomic E-state index is 12.6. The van der Waals surface area contributed by atoms with Gasteiger partial charge in [0.2, 0.25) is 12.7 Å². The van der Waals surface area contributed by atoms with Crippen LogP contribution in [0, 0.1) is 0 Å². The molecule has 0 aromatic heterocycles. The van der Waals surface area contributed by atoms with E-state index in [9.17, 15) is 9.59 Å². The Balaban J connectivity index is 1.37. The summed E-state index contributed by atoms with van der Waals surface area (Å²) >= 11 is 1.74. The highest BCUT2D eigenvalue weighted by Crippen LogP contribution is 2.32. The molecule has 3 aliphatic heterocycles. The first-order valence-corrected chi connectivity index (χ1v) is 9.17. The van der Waals surface area contributed by atoms with E-state index in [1.54, 1.807) is 34.9 Å². The molecule has 0 bridgehead atoms. The quantitative estimate of drug-likeness (QED) is 0.831. The third-order valence-electron chi connectivity index (χ3n) is 4.51. The second kappa shape index (κ2) is 6.52. The molecule has 0 spiro atoms. The Morgan fingerprint density at radius 1 is 1.08 bits per heavy atom. The Morgan fingerprint density at radius 3 is 2.58 bits per heavy atom. The minimum atomic E-state index is -0.0777. The number of hydrogen-bond acceptors (Lipinski definition) is 6. The van der Waals surface area contributed by atoms with E-state index in [4.69, 9.17) is 9.47 Å². The van der Waals surface area contributed by atoms with Crippen LogP contribution in [-0.4, -0.2) is 72.3 Å². The number of thioether (sulfide) groups is 1. The van der Waals surface area contributed by atoms with Crippen molar-refractivity contribution in [1.82, 2.24) is 15.1 Å². The molecule has 128 valence electrons. The number of piperazine rings is 1. The van der Waals surface area contributed by atoms with E-state index in [2.05, 4.69) is 5.32 Å². The summed E-state index contributed by atoms with van der Waals surface area (Å²) in [5, 5.41) is 3.20. The summed E-state index contributed by atoms with van der Waals surface area (Å²) < 4.78 is 10.6. The molecule has 1 unspecified atom stereocenters. The van der Waals surface area contributed by atoms with Crippen LogP contribution in [0.25, 0.3) is 0 Å². The van der Waals surface area contributed by atoms with E-state index < -0.39 is 0 Å². The first kappa shape index (κ1) is 15.6. The third kappa shape index (κ3) is 2.91. The van der Waals surface area contributed by atoms with Crippen molar-refractivity contribution in [2.75, 3.05) is 44.6 Å². The molecule has 7 nitrogen and oxygen atoms in total. The predicted octanol–water partition coefficient (Wildman–Crippen LogP) is 0.362. The van der Waals surface area contributed by atoms with Crippen molar-refractivity contribution in [3.05, 3.63) is 23.8 Å². The van der Waals surface area contributed by atoms with Crippen LogP contribution in [0.15, 0.2) is 18.2 Å². The van der Waals surface area contributed by atoms with Crippen LogP contribution in [-0.2, 0) is 4.79 Å². The van der Waals surface area contributed by atoms with Gasteiger partial charge in [-0.3, -0.25) is 14.9 Å². The molecule has 1 N–H and O–H groups in total. The lowest BCUT2D eigenvalue weighted by Crippen LogP contribution is -2.54. The number of carbonyl (C=O) groups excluding carboxylic acids is 2. The van der Waals surface area contributed by atoms with Crippen molar-refractivity contribution in [3.8, 4) is 11.5 Å². The summed E-state index contributed by atoms with van der Waals surface area (Å²) in [5.41, 5.74) is 0.591. The summed E-state index contributed by atoms with van der Waals surface area (Å²) in [6.45, 7) is 2.47. The maximum atomic E-state index is 12.6. The number of ether oxygens (including phenoxy) is 2. The van der Waals surface area contributed by atoms with Gasteiger partial charge in [0.15, 0.2) is 11.5 Å². The standard InChI is InChI=1S/C16H19N3O4S/c20-15(11-1-2-13-14(7-11)23-10-22-13)18-3-5-19(6-4-18)16(21)12-8-24-9-17-12/h1-2,7,12,17H,3-6,8-10H2. The van der Waals surface area contributed by atoms with Gasteiger partial charge in [-0.25, -0.2) is 0 Å². The molecule has 1 atom stereocenters. The number of rotatable bonds is 2. The minimum Gasteiger partial charge on any atom is -0.454 e. The first-order valence-electron chi connectivity index (χ1n) is 8.01. The summed E-state index contributed by atoms with van der Waals surface area (Å²) in [4.78, 5) is 28.7. The largest absolute Gasteiger partial charge is 0.454 e. The van der Waals surface area contributed by atoms with Gasteiger partial charge in [0.25, 0.3) is 5.91 Å². The lowest BCUT2D eigenvalue weighted by molar-refractivity contribution is -0.134. The number of fused-ring (bicyclic) bond motifs is 1. The van der Waals surface area contributed by atoms with Gasteiger partial charge in [0.1, 0.15) is 0 Å². The highest BCUT2D eigenvalue weighted by molar-refractivity contribution is 7.99. The number of carbonyl (C=O) groups is 2. The third-order valence-corrected chi connectivity index (χ3v) is 5.45. The number of nitrogens with zero attached hydrogens (tertiary/aromatic N) is 2. The van der Waals surface area contributed by atoms with E-state index in [-0.39, 0.29) is 24.6 Å². The number of benzene rings is 1. The molecule has 2 amide bonds. The molecule has 0 aliphatic carbocycles. The number of amides is 2. The van der Waals surface area contributed by atoms with Crippen molar-refractivity contribution in [1.29, 1.82) is 0 Å². The molecule has 3 aliphatic rings. The van der Waals surface area contributed by atoms with Crippen molar-refractivity contribution in [3.63, 3.8) is 0 Å². The zero-order chi connectivity index (χ0) is 16.5.